The van der Waals surface area contributed by atoms with E-state index < -0.39 is 60.2 Å². The number of carbonyl (C=O) groups is 6. The number of fused-ring (bicyclic) bond motifs is 1. The summed E-state index contributed by atoms with van der Waals surface area (Å²) >= 11 is 1.42. The molecule has 312 valence electrons. The molecule has 2 aromatic carbocycles. The number of amides is 5. The molecule has 4 atom stereocenters. The molecule has 0 bridgehead atoms. The Morgan fingerprint density at radius 3 is 2.24 bits per heavy atom. The summed E-state index contributed by atoms with van der Waals surface area (Å²) in [6, 6.07) is 11.3. The summed E-state index contributed by atoms with van der Waals surface area (Å²) in [6.07, 6.45) is 10.4. The topological polar surface area (TPSA) is 243 Å². The van der Waals surface area contributed by atoms with Gasteiger partial charge in [0.05, 0.1) is 12.1 Å². The van der Waals surface area contributed by atoms with Crippen LogP contribution in [-0.2, 0) is 54.6 Å². The first-order valence-corrected chi connectivity index (χ1v) is 21.0. The van der Waals surface area contributed by atoms with Gasteiger partial charge in [0, 0.05) is 49.1 Å². The van der Waals surface area contributed by atoms with Gasteiger partial charge in [-0.05, 0) is 61.3 Å². The van der Waals surface area contributed by atoms with E-state index in [1.165, 1.54) is 11.8 Å². The average Bonchev–Trinajstić information content (AvgIpc) is 3.84. The van der Waals surface area contributed by atoms with E-state index in [0.717, 1.165) is 54.3 Å². The number of nitrogens with one attached hydrogen (secondary N) is 5. The highest BCUT2D eigenvalue weighted by Crippen LogP contribution is 2.20. The number of nitrogens with two attached hydrogens (primary N) is 1. The number of carboxylic acids is 1. The van der Waals surface area contributed by atoms with Gasteiger partial charge in [-0.3, -0.25) is 33.4 Å². The lowest BCUT2D eigenvalue weighted by Crippen LogP contribution is -2.59. The van der Waals surface area contributed by atoms with Crippen molar-refractivity contribution in [1.82, 2.24) is 41.2 Å². The van der Waals surface area contributed by atoms with Crippen LogP contribution in [0.4, 0.5) is 0 Å². The van der Waals surface area contributed by atoms with Gasteiger partial charge in [0.2, 0.25) is 29.5 Å². The third kappa shape index (κ3) is 14.7. The Labute approximate surface area is 342 Å². The summed E-state index contributed by atoms with van der Waals surface area (Å²) in [6.45, 7) is 2.81. The minimum atomic E-state index is -1.59. The summed E-state index contributed by atoms with van der Waals surface area (Å²) in [4.78, 5) is 81.8. The number of primary amides is 1. The number of H-pyrrole nitrogens is 1. The number of hydrogen-bond acceptors (Lipinski definition) is 9. The summed E-state index contributed by atoms with van der Waals surface area (Å²) in [5, 5.41) is 29.5. The van der Waals surface area contributed by atoms with Crippen molar-refractivity contribution in [1.29, 1.82) is 0 Å². The van der Waals surface area contributed by atoms with Crippen LogP contribution in [0.5, 0.6) is 0 Å². The molecule has 0 fully saturated rings. The number of aromatic amines is 1. The van der Waals surface area contributed by atoms with Crippen molar-refractivity contribution < 1.29 is 33.9 Å². The van der Waals surface area contributed by atoms with Crippen LogP contribution >= 0.6 is 11.8 Å². The molecule has 2 heterocycles. The van der Waals surface area contributed by atoms with Crippen LogP contribution in [0.15, 0.2) is 67.0 Å². The van der Waals surface area contributed by atoms with E-state index in [4.69, 9.17) is 5.73 Å². The molecule has 0 aliphatic rings. The Morgan fingerprint density at radius 1 is 0.828 bits per heavy atom. The fraction of sp³-hybridized carbons (Fsp3) is 0.463. The molecule has 17 heteroatoms. The van der Waals surface area contributed by atoms with Crippen LogP contribution in [0.3, 0.4) is 0 Å². The quantitative estimate of drug-likeness (QED) is 0.0457. The van der Waals surface area contributed by atoms with E-state index in [-0.39, 0.29) is 31.6 Å². The normalized spacial score (nSPS) is 13.2. The molecule has 2 aromatic heterocycles. The number of unbranched alkanes of at least 4 members (excludes halogenated alkanes) is 3. The molecule has 5 amide bonds. The summed E-state index contributed by atoms with van der Waals surface area (Å²) in [5.74, 6) is -4.46. The lowest BCUT2D eigenvalue weighted by Gasteiger charge is -2.26. The maximum atomic E-state index is 14.0. The first-order chi connectivity index (χ1) is 28.0. The van der Waals surface area contributed by atoms with E-state index >= 15 is 0 Å². The van der Waals surface area contributed by atoms with Crippen LogP contribution in [0, 0.1) is 0 Å². The zero-order chi connectivity index (χ0) is 41.9. The maximum absolute atomic E-state index is 14.0. The molecule has 0 saturated heterocycles. The molecule has 16 nitrogen and oxygen atoms in total. The molecule has 4 rings (SSSR count). The number of para-hydroxylation sites is 1. The lowest BCUT2D eigenvalue weighted by atomic mass is 10.0. The van der Waals surface area contributed by atoms with Gasteiger partial charge in [0.1, 0.15) is 24.2 Å². The number of hydrogen-bond donors (Lipinski definition) is 7. The van der Waals surface area contributed by atoms with Crippen LogP contribution in [-0.4, -0.2) is 96.8 Å². The maximum Gasteiger partial charge on any atom is 0.305 e. The third-order valence-corrected chi connectivity index (χ3v) is 10.3. The van der Waals surface area contributed by atoms with E-state index in [1.807, 2.05) is 41.4 Å². The highest BCUT2D eigenvalue weighted by molar-refractivity contribution is 7.98. The number of thioether (sulfide) groups is 1. The third-order valence-electron chi connectivity index (χ3n) is 9.61. The van der Waals surface area contributed by atoms with Gasteiger partial charge in [-0.25, -0.2) is 0 Å². The predicted molar refractivity (Wildman–Crippen MR) is 221 cm³/mol. The summed E-state index contributed by atoms with van der Waals surface area (Å²) in [7, 11) is 0. The predicted octanol–water partition coefficient (Wildman–Crippen LogP) is 2.80. The molecular formula is C41H55N9O7S. The fourth-order valence-electron chi connectivity index (χ4n) is 6.43. The molecule has 58 heavy (non-hydrogen) atoms. The first kappa shape index (κ1) is 45.0. The number of aliphatic carboxylic acids is 1. The van der Waals surface area contributed by atoms with Gasteiger partial charge in [-0.1, -0.05) is 73.5 Å². The van der Waals surface area contributed by atoms with Crippen molar-refractivity contribution in [3.05, 3.63) is 83.8 Å². The molecule has 0 aliphatic carbocycles. The molecule has 0 saturated carbocycles. The van der Waals surface area contributed by atoms with E-state index in [2.05, 4.69) is 43.5 Å². The van der Waals surface area contributed by atoms with Gasteiger partial charge < -0.3 is 37.1 Å². The van der Waals surface area contributed by atoms with Gasteiger partial charge in [-0.2, -0.15) is 11.8 Å². The molecule has 8 N–H and O–H groups in total. The van der Waals surface area contributed by atoms with Gasteiger partial charge in [0.15, 0.2) is 0 Å². The van der Waals surface area contributed by atoms with Crippen LogP contribution in [0.1, 0.15) is 75.1 Å². The second-order valence-corrected chi connectivity index (χ2v) is 15.2. The highest BCUT2D eigenvalue weighted by atomic mass is 32.2. The van der Waals surface area contributed by atoms with Gasteiger partial charge >= 0.3 is 5.97 Å². The molecule has 4 aromatic rings. The van der Waals surface area contributed by atoms with E-state index in [0.29, 0.717) is 24.3 Å². The second kappa shape index (κ2) is 23.5. The molecule has 0 radical (unpaired) electrons. The Bertz CT molecular complexity index is 1970. The zero-order valence-corrected chi connectivity index (χ0v) is 33.9. The largest absolute Gasteiger partial charge is 0.481 e. The molecule has 0 aliphatic heterocycles. The average molecular weight is 818 g/mol. The van der Waals surface area contributed by atoms with Crippen molar-refractivity contribution in [2.75, 3.05) is 12.0 Å². The molecule has 0 spiro atoms. The Hall–Kier alpha value is -5.71. The van der Waals surface area contributed by atoms with Crippen molar-refractivity contribution in [3.8, 4) is 0 Å². The standard InChI is InChI=1S/C41H55N9O7S/c1-3-4-15-29-26-50(49-48-29)20-12-6-9-18-36(51)44-34(23-28-25-43-31-17-11-10-16-30(28)31)40(56)45-32(19-21-58-2)39(55)47-35(24-37(52)53)41(57)46-33(38(42)54)22-27-13-7-5-8-14-27/h5,7-8,10-11,13-14,16-17,25-26,32-35,43H,3-4,6,9,12,15,18-24H2,1-2H3,(H2,42,54)(H,44,51)(H,45,56)(H,46,57)(H,47,55)(H,52,53)/t32-,33-,34-,35-/m0/s1. The molecule has 0 unspecified atom stereocenters. The van der Waals surface area contributed by atoms with Crippen LogP contribution in [0.2, 0.25) is 0 Å². The number of rotatable bonds is 26. The Kier molecular flexibility index (Phi) is 18.2. The Morgan fingerprint density at radius 2 is 1.52 bits per heavy atom. The van der Waals surface area contributed by atoms with Gasteiger partial charge in [0.25, 0.3) is 0 Å². The van der Waals surface area contributed by atoms with Crippen molar-refractivity contribution in [3.63, 3.8) is 0 Å². The minimum Gasteiger partial charge on any atom is -0.481 e. The first-order valence-electron chi connectivity index (χ1n) is 19.7. The van der Waals surface area contributed by atoms with Crippen LogP contribution in [0.25, 0.3) is 10.9 Å². The van der Waals surface area contributed by atoms with Crippen molar-refractivity contribution >= 4 is 58.2 Å². The number of aryl methyl sites for hydroxylation is 2. The van der Waals surface area contributed by atoms with Gasteiger partial charge in [-0.15, -0.1) is 5.10 Å². The van der Waals surface area contributed by atoms with Crippen molar-refractivity contribution in [2.24, 2.45) is 5.73 Å². The van der Waals surface area contributed by atoms with E-state index in [1.54, 1.807) is 36.5 Å². The molecular weight excluding hydrogens is 763 g/mol. The van der Waals surface area contributed by atoms with Crippen molar-refractivity contribution in [2.45, 2.75) is 108 Å². The fourth-order valence-corrected chi connectivity index (χ4v) is 6.90. The monoisotopic (exact) mass is 817 g/mol. The number of benzene rings is 2. The summed E-state index contributed by atoms with van der Waals surface area (Å²) < 4.78 is 1.82. The number of aromatic nitrogens is 4. The Balaban J connectivity index is 1.43. The summed E-state index contributed by atoms with van der Waals surface area (Å²) in [5.41, 5.74) is 8.88. The second-order valence-electron chi connectivity index (χ2n) is 14.2. The van der Waals surface area contributed by atoms with Crippen LogP contribution < -0.4 is 27.0 Å². The lowest BCUT2D eigenvalue weighted by molar-refractivity contribution is -0.141. The SMILES string of the molecule is CCCCc1cn(CCCCCC(=O)N[C@@H](Cc2c[nH]c3ccccc23)C(=O)N[C@@H](CCSC)C(=O)N[C@@H](CC(=O)O)C(=O)N[C@@H](Cc2ccccc2)C(N)=O)nn1. The smallest absolute Gasteiger partial charge is 0.305 e. The van der Waals surface area contributed by atoms with E-state index in [9.17, 15) is 33.9 Å². The number of carboxylic acid groups (broad SMARTS) is 1. The number of carbonyl (C=O) groups excluding carboxylic acids is 5. The number of nitrogens with zero attached hydrogens (tertiary/aromatic N) is 3. The highest BCUT2D eigenvalue weighted by Gasteiger charge is 2.32. The zero-order valence-electron chi connectivity index (χ0n) is 33.1. The minimum absolute atomic E-state index is 0.0501.